The van der Waals surface area contributed by atoms with Gasteiger partial charge in [-0.3, -0.25) is 4.79 Å². The topological polar surface area (TPSA) is 84.6 Å². The molecule has 2 aromatic heterocycles. The molecule has 2 N–H and O–H groups in total. The summed E-state index contributed by atoms with van der Waals surface area (Å²) < 4.78 is 10.6. The zero-order chi connectivity index (χ0) is 15.2. The molecule has 1 atom stereocenters. The van der Waals surface area contributed by atoms with Crippen molar-refractivity contribution in [1.82, 2.24) is 10.5 Å². The molecule has 0 aliphatic carbocycles. The van der Waals surface area contributed by atoms with Gasteiger partial charge in [0.2, 0.25) is 0 Å². The van der Waals surface area contributed by atoms with Gasteiger partial charge in [0.1, 0.15) is 17.4 Å². The Balaban J connectivity index is 2.00. The number of ether oxygens (including phenoxy) is 1. The average Bonchev–Trinajstić information content (AvgIpc) is 3.09. The SMILES string of the molecule is Cc1noc(C)c1C(=O)NC[C@H](OCCO)c1ccsc1. The molecular weight excluding hydrogens is 292 g/mol. The summed E-state index contributed by atoms with van der Waals surface area (Å²) in [6, 6.07) is 1.94. The number of nitrogens with one attached hydrogen (secondary N) is 1. The van der Waals surface area contributed by atoms with Crippen LogP contribution in [-0.2, 0) is 4.74 Å². The number of thiophene rings is 1. The van der Waals surface area contributed by atoms with Gasteiger partial charge in [-0.15, -0.1) is 0 Å². The maximum Gasteiger partial charge on any atom is 0.256 e. The zero-order valence-corrected chi connectivity index (χ0v) is 12.8. The van der Waals surface area contributed by atoms with Crippen LogP contribution in [-0.4, -0.2) is 35.9 Å². The first kappa shape index (κ1) is 15.7. The highest BCUT2D eigenvalue weighted by molar-refractivity contribution is 7.07. The van der Waals surface area contributed by atoms with Gasteiger partial charge in [0.25, 0.3) is 5.91 Å². The first-order valence-electron chi connectivity index (χ1n) is 6.59. The molecule has 2 aromatic rings. The number of aryl methyl sites for hydroxylation is 2. The first-order valence-corrected chi connectivity index (χ1v) is 7.53. The Kier molecular flexibility index (Phi) is 5.49. The Morgan fingerprint density at radius 2 is 2.38 bits per heavy atom. The van der Waals surface area contributed by atoms with Crippen molar-refractivity contribution in [2.75, 3.05) is 19.8 Å². The van der Waals surface area contributed by atoms with Crippen LogP contribution < -0.4 is 5.32 Å². The quantitative estimate of drug-likeness (QED) is 0.815. The van der Waals surface area contributed by atoms with E-state index < -0.39 is 0 Å². The summed E-state index contributed by atoms with van der Waals surface area (Å²) in [5.74, 6) is 0.257. The van der Waals surface area contributed by atoms with Crippen LogP contribution in [0, 0.1) is 13.8 Å². The van der Waals surface area contributed by atoms with E-state index in [0.717, 1.165) is 5.56 Å². The van der Waals surface area contributed by atoms with Gasteiger partial charge in [-0.2, -0.15) is 11.3 Å². The lowest BCUT2D eigenvalue weighted by molar-refractivity contribution is 0.0279. The molecule has 0 saturated heterocycles. The Morgan fingerprint density at radius 1 is 1.57 bits per heavy atom. The van der Waals surface area contributed by atoms with Crippen molar-refractivity contribution in [3.05, 3.63) is 39.4 Å². The van der Waals surface area contributed by atoms with Gasteiger partial charge < -0.3 is 19.7 Å². The summed E-state index contributed by atoms with van der Waals surface area (Å²) >= 11 is 1.56. The molecule has 0 radical (unpaired) electrons. The van der Waals surface area contributed by atoms with Crippen molar-refractivity contribution >= 4 is 17.2 Å². The van der Waals surface area contributed by atoms with Crippen LogP contribution in [0.2, 0.25) is 0 Å². The van der Waals surface area contributed by atoms with Gasteiger partial charge in [-0.05, 0) is 36.2 Å². The number of carbonyl (C=O) groups is 1. The second-order valence-corrected chi connectivity index (χ2v) is 5.33. The van der Waals surface area contributed by atoms with Crippen molar-refractivity contribution < 1.29 is 19.2 Å². The number of aliphatic hydroxyl groups is 1. The molecule has 0 bridgehead atoms. The molecule has 7 heteroatoms. The van der Waals surface area contributed by atoms with E-state index in [9.17, 15) is 4.79 Å². The zero-order valence-electron chi connectivity index (χ0n) is 12.0. The maximum absolute atomic E-state index is 12.2. The van der Waals surface area contributed by atoms with E-state index in [4.69, 9.17) is 14.4 Å². The molecule has 0 saturated carbocycles. The minimum absolute atomic E-state index is 0.0571. The highest BCUT2D eigenvalue weighted by atomic mass is 32.1. The lowest BCUT2D eigenvalue weighted by atomic mass is 10.1. The number of carbonyl (C=O) groups excluding carboxylic acids is 1. The molecule has 0 aliphatic rings. The number of nitrogens with zero attached hydrogens (tertiary/aromatic N) is 1. The molecule has 1 amide bonds. The molecule has 0 unspecified atom stereocenters. The van der Waals surface area contributed by atoms with Crippen molar-refractivity contribution in [2.45, 2.75) is 20.0 Å². The summed E-state index contributed by atoms with van der Waals surface area (Å²) in [5, 5.41) is 19.4. The van der Waals surface area contributed by atoms with Crippen LogP contribution in [0.5, 0.6) is 0 Å². The molecule has 2 heterocycles. The fourth-order valence-electron chi connectivity index (χ4n) is 2.01. The highest BCUT2D eigenvalue weighted by Gasteiger charge is 2.19. The third kappa shape index (κ3) is 3.90. The van der Waals surface area contributed by atoms with E-state index in [1.54, 1.807) is 25.2 Å². The molecule has 6 nitrogen and oxygen atoms in total. The van der Waals surface area contributed by atoms with Crippen LogP contribution in [0.3, 0.4) is 0 Å². The molecule has 21 heavy (non-hydrogen) atoms. The molecule has 114 valence electrons. The van der Waals surface area contributed by atoms with Gasteiger partial charge in [0, 0.05) is 6.54 Å². The third-order valence-corrected chi connectivity index (χ3v) is 3.74. The highest BCUT2D eigenvalue weighted by Crippen LogP contribution is 2.20. The Labute approximate surface area is 126 Å². The summed E-state index contributed by atoms with van der Waals surface area (Å²) in [7, 11) is 0. The predicted octanol–water partition coefficient (Wildman–Crippen LogP) is 1.83. The van der Waals surface area contributed by atoms with E-state index in [1.807, 2.05) is 16.8 Å². The standard InChI is InChI=1S/C14H18N2O4S/c1-9-13(10(2)20-16-9)14(18)15-7-12(19-5-4-17)11-3-6-21-8-11/h3,6,8,12,17H,4-5,7H2,1-2H3,(H,15,18)/t12-/m0/s1. The minimum Gasteiger partial charge on any atom is -0.394 e. The number of hydrogen-bond donors (Lipinski definition) is 2. The predicted molar refractivity (Wildman–Crippen MR) is 78.4 cm³/mol. The Bertz CT molecular complexity index is 560. The van der Waals surface area contributed by atoms with Gasteiger partial charge in [-0.1, -0.05) is 5.16 Å². The lowest BCUT2D eigenvalue weighted by Crippen LogP contribution is -2.30. The normalized spacial score (nSPS) is 12.3. The van der Waals surface area contributed by atoms with Crippen LogP contribution in [0.1, 0.15) is 33.5 Å². The van der Waals surface area contributed by atoms with E-state index in [-0.39, 0.29) is 25.2 Å². The first-order chi connectivity index (χ1) is 10.1. The van der Waals surface area contributed by atoms with E-state index >= 15 is 0 Å². The van der Waals surface area contributed by atoms with Gasteiger partial charge in [-0.25, -0.2) is 0 Å². The number of hydrogen-bond acceptors (Lipinski definition) is 6. The number of amides is 1. The van der Waals surface area contributed by atoms with Gasteiger partial charge in [0.15, 0.2) is 0 Å². The Morgan fingerprint density at radius 3 is 2.95 bits per heavy atom. The van der Waals surface area contributed by atoms with Crippen LogP contribution in [0.4, 0.5) is 0 Å². The van der Waals surface area contributed by atoms with Crippen molar-refractivity contribution in [3.63, 3.8) is 0 Å². The largest absolute Gasteiger partial charge is 0.394 e. The van der Waals surface area contributed by atoms with E-state index in [0.29, 0.717) is 23.6 Å². The molecular formula is C14H18N2O4S. The number of aliphatic hydroxyl groups excluding tert-OH is 1. The van der Waals surface area contributed by atoms with Crippen molar-refractivity contribution in [1.29, 1.82) is 0 Å². The van der Waals surface area contributed by atoms with Gasteiger partial charge in [0.05, 0.1) is 18.9 Å². The minimum atomic E-state index is -0.284. The molecule has 0 aliphatic heterocycles. The van der Waals surface area contributed by atoms with Crippen LogP contribution in [0.25, 0.3) is 0 Å². The fraction of sp³-hybridized carbons (Fsp3) is 0.429. The van der Waals surface area contributed by atoms with Crippen molar-refractivity contribution in [2.24, 2.45) is 0 Å². The smallest absolute Gasteiger partial charge is 0.256 e. The summed E-state index contributed by atoms with van der Waals surface area (Å²) in [4.78, 5) is 12.2. The fourth-order valence-corrected chi connectivity index (χ4v) is 2.71. The second kappa shape index (κ2) is 7.35. The van der Waals surface area contributed by atoms with E-state index in [1.165, 1.54) is 0 Å². The molecule has 0 spiro atoms. The average molecular weight is 310 g/mol. The second-order valence-electron chi connectivity index (χ2n) is 4.55. The van der Waals surface area contributed by atoms with Crippen molar-refractivity contribution in [3.8, 4) is 0 Å². The van der Waals surface area contributed by atoms with Crippen LogP contribution >= 0.6 is 11.3 Å². The number of aromatic nitrogens is 1. The summed E-state index contributed by atoms with van der Waals surface area (Å²) in [6.07, 6.45) is -0.284. The summed E-state index contributed by atoms with van der Waals surface area (Å²) in [6.45, 7) is 3.91. The summed E-state index contributed by atoms with van der Waals surface area (Å²) in [5.41, 5.74) is 2.00. The molecule has 0 aromatic carbocycles. The van der Waals surface area contributed by atoms with Crippen LogP contribution in [0.15, 0.2) is 21.3 Å². The van der Waals surface area contributed by atoms with Gasteiger partial charge >= 0.3 is 0 Å². The number of rotatable bonds is 7. The third-order valence-electron chi connectivity index (χ3n) is 3.03. The Hall–Kier alpha value is -1.70. The molecule has 2 rings (SSSR count). The maximum atomic E-state index is 12.2. The monoisotopic (exact) mass is 310 g/mol. The molecule has 0 fully saturated rings. The lowest BCUT2D eigenvalue weighted by Gasteiger charge is -2.17. The van der Waals surface area contributed by atoms with E-state index in [2.05, 4.69) is 10.5 Å².